The Morgan fingerprint density at radius 1 is 1.06 bits per heavy atom. The standard InChI is InChI=1S/C21H17ClF2N2O4S/c22-18-2-1-3-19(24)17(18)11-21(27)26-15-7-4-13(20(10-15)31(25,28)29)12-30-16-8-5-14(23)6-9-16/h1-10H,11-12H2,(H,26,27)(H2,25,28,29). The number of carbonyl (C=O) groups is 1. The molecule has 0 saturated carbocycles. The second-order valence-electron chi connectivity index (χ2n) is 6.54. The molecule has 3 aromatic carbocycles. The SMILES string of the molecule is NS(=O)(=O)c1cc(NC(=O)Cc2c(F)cccc2Cl)ccc1COc1ccc(F)cc1. The molecule has 10 heteroatoms. The van der Waals surface area contributed by atoms with Gasteiger partial charge in [-0.25, -0.2) is 22.3 Å². The van der Waals surface area contributed by atoms with Gasteiger partial charge in [-0.3, -0.25) is 4.79 Å². The number of benzene rings is 3. The Balaban J connectivity index is 1.77. The van der Waals surface area contributed by atoms with Gasteiger partial charge in [0.25, 0.3) is 0 Å². The Morgan fingerprint density at radius 2 is 1.77 bits per heavy atom. The minimum Gasteiger partial charge on any atom is -0.489 e. The molecule has 0 spiro atoms. The fourth-order valence-electron chi connectivity index (χ4n) is 2.78. The molecule has 0 aliphatic heterocycles. The van der Waals surface area contributed by atoms with Crippen LogP contribution in [0.2, 0.25) is 5.02 Å². The number of nitrogens with two attached hydrogens (primary N) is 1. The summed E-state index contributed by atoms with van der Waals surface area (Å²) in [6.45, 7) is -0.156. The van der Waals surface area contributed by atoms with Crippen molar-refractivity contribution in [1.29, 1.82) is 0 Å². The van der Waals surface area contributed by atoms with Crippen molar-refractivity contribution in [2.75, 3.05) is 5.32 Å². The van der Waals surface area contributed by atoms with Gasteiger partial charge >= 0.3 is 0 Å². The molecule has 1 amide bonds. The molecule has 31 heavy (non-hydrogen) atoms. The van der Waals surface area contributed by atoms with E-state index in [-0.39, 0.29) is 39.8 Å². The van der Waals surface area contributed by atoms with Crippen molar-refractivity contribution in [3.8, 4) is 5.75 Å². The summed E-state index contributed by atoms with van der Waals surface area (Å²) >= 11 is 5.93. The van der Waals surface area contributed by atoms with Gasteiger partial charge in [0.1, 0.15) is 24.0 Å². The lowest BCUT2D eigenvalue weighted by Crippen LogP contribution is -2.18. The van der Waals surface area contributed by atoms with E-state index in [4.69, 9.17) is 21.5 Å². The van der Waals surface area contributed by atoms with Crippen molar-refractivity contribution in [3.63, 3.8) is 0 Å². The average Bonchev–Trinajstić information content (AvgIpc) is 2.70. The molecule has 0 fully saturated rings. The minimum absolute atomic E-state index is 0.0256. The molecule has 3 aromatic rings. The van der Waals surface area contributed by atoms with Crippen molar-refractivity contribution in [2.45, 2.75) is 17.9 Å². The van der Waals surface area contributed by atoms with Crippen molar-refractivity contribution < 1.29 is 26.7 Å². The van der Waals surface area contributed by atoms with E-state index in [0.29, 0.717) is 5.75 Å². The maximum atomic E-state index is 13.9. The van der Waals surface area contributed by atoms with Gasteiger partial charge in [0.2, 0.25) is 15.9 Å². The van der Waals surface area contributed by atoms with E-state index in [1.807, 2.05) is 0 Å². The quantitative estimate of drug-likeness (QED) is 0.549. The molecule has 0 radical (unpaired) electrons. The fraction of sp³-hybridized carbons (Fsp3) is 0.0952. The van der Waals surface area contributed by atoms with Gasteiger partial charge < -0.3 is 10.1 Å². The number of ether oxygens (including phenoxy) is 1. The van der Waals surface area contributed by atoms with Gasteiger partial charge in [0.05, 0.1) is 11.3 Å². The molecule has 3 N–H and O–H groups in total. The van der Waals surface area contributed by atoms with Crippen LogP contribution in [-0.2, 0) is 27.8 Å². The van der Waals surface area contributed by atoms with E-state index < -0.39 is 27.6 Å². The summed E-state index contributed by atoms with van der Waals surface area (Å²) in [4.78, 5) is 12.0. The Kier molecular flexibility index (Phi) is 6.89. The van der Waals surface area contributed by atoms with Crippen molar-refractivity contribution >= 4 is 33.2 Å². The van der Waals surface area contributed by atoms with E-state index in [0.717, 1.165) is 0 Å². The number of sulfonamides is 1. The van der Waals surface area contributed by atoms with Gasteiger partial charge in [-0.15, -0.1) is 0 Å². The van der Waals surface area contributed by atoms with Gasteiger partial charge in [-0.2, -0.15) is 0 Å². The topological polar surface area (TPSA) is 98.5 Å². The number of hydrogen-bond acceptors (Lipinski definition) is 4. The molecule has 162 valence electrons. The Hall–Kier alpha value is -3.01. The first-order chi connectivity index (χ1) is 14.6. The predicted octanol–water partition coefficient (Wildman–Crippen LogP) is 4.03. The Bertz CT molecular complexity index is 1200. The molecule has 6 nitrogen and oxygen atoms in total. The highest BCUT2D eigenvalue weighted by Gasteiger charge is 2.17. The lowest BCUT2D eigenvalue weighted by molar-refractivity contribution is -0.115. The van der Waals surface area contributed by atoms with Crippen molar-refractivity contribution in [2.24, 2.45) is 5.14 Å². The summed E-state index contributed by atoms with van der Waals surface area (Å²) in [6.07, 6.45) is -0.342. The zero-order chi connectivity index (χ0) is 22.6. The number of hydrogen-bond donors (Lipinski definition) is 2. The molecule has 0 saturated heterocycles. The highest BCUT2D eigenvalue weighted by atomic mass is 35.5. The maximum absolute atomic E-state index is 13.9. The van der Waals surface area contributed by atoms with Crippen molar-refractivity contribution in [3.05, 3.63) is 88.4 Å². The second kappa shape index (κ2) is 9.42. The predicted molar refractivity (Wildman–Crippen MR) is 112 cm³/mol. The first-order valence-corrected chi connectivity index (χ1v) is 10.8. The van der Waals surface area contributed by atoms with Crippen LogP contribution >= 0.6 is 11.6 Å². The number of rotatable bonds is 7. The van der Waals surface area contributed by atoms with Crippen LogP contribution in [0.4, 0.5) is 14.5 Å². The van der Waals surface area contributed by atoms with Crippen LogP contribution < -0.4 is 15.2 Å². The lowest BCUT2D eigenvalue weighted by atomic mass is 10.1. The molecule has 0 bridgehead atoms. The normalized spacial score (nSPS) is 11.2. The smallest absolute Gasteiger partial charge is 0.238 e. The number of primary sulfonamides is 1. The zero-order valence-electron chi connectivity index (χ0n) is 15.9. The fourth-order valence-corrected chi connectivity index (χ4v) is 3.79. The largest absolute Gasteiger partial charge is 0.489 e. The van der Waals surface area contributed by atoms with Crippen LogP contribution in [0.3, 0.4) is 0 Å². The van der Waals surface area contributed by atoms with Gasteiger partial charge in [0.15, 0.2) is 0 Å². The first-order valence-electron chi connectivity index (χ1n) is 8.90. The summed E-state index contributed by atoms with van der Waals surface area (Å²) in [5, 5.41) is 7.90. The molecular weight excluding hydrogens is 450 g/mol. The zero-order valence-corrected chi connectivity index (χ0v) is 17.5. The van der Waals surface area contributed by atoms with E-state index in [9.17, 15) is 22.0 Å². The number of halogens is 3. The summed E-state index contributed by atoms with van der Waals surface area (Å²) in [5.41, 5.74) is 0.409. The number of amides is 1. The van der Waals surface area contributed by atoms with Crippen LogP contribution in [-0.4, -0.2) is 14.3 Å². The third-order valence-corrected chi connectivity index (χ3v) is 5.61. The summed E-state index contributed by atoms with van der Waals surface area (Å²) in [6, 6.07) is 13.3. The first kappa shape index (κ1) is 22.7. The summed E-state index contributed by atoms with van der Waals surface area (Å²) < 4.78 is 56.4. The Labute approximate surface area is 182 Å². The van der Waals surface area contributed by atoms with Crippen LogP contribution in [0.25, 0.3) is 0 Å². The summed E-state index contributed by atoms with van der Waals surface area (Å²) in [7, 11) is -4.15. The highest BCUT2D eigenvalue weighted by molar-refractivity contribution is 7.89. The number of nitrogens with one attached hydrogen (secondary N) is 1. The van der Waals surface area contributed by atoms with Gasteiger partial charge in [-0.1, -0.05) is 23.7 Å². The molecule has 0 aromatic heterocycles. The second-order valence-corrected chi connectivity index (χ2v) is 8.47. The Morgan fingerprint density at radius 3 is 2.42 bits per heavy atom. The minimum atomic E-state index is -4.15. The van der Waals surface area contributed by atoms with Crippen LogP contribution in [0, 0.1) is 11.6 Å². The van der Waals surface area contributed by atoms with Gasteiger partial charge in [-0.05, 0) is 48.5 Å². The molecule has 0 atom stereocenters. The average molecular weight is 467 g/mol. The van der Waals surface area contributed by atoms with Crippen LogP contribution in [0.15, 0.2) is 65.6 Å². The molecular formula is C21H17ClF2N2O4S. The van der Waals surface area contributed by atoms with E-state index in [2.05, 4.69) is 5.32 Å². The third kappa shape index (κ3) is 6.00. The van der Waals surface area contributed by atoms with E-state index in [1.165, 1.54) is 60.7 Å². The maximum Gasteiger partial charge on any atom is 0.238 e. The molecule has 0 heterocycles. The molecule has 0 aliphatic rings. The third-order valence-electron chi connectivity index (χ3n) is 4.26. The summed E-state index contributed by atoms with van der Waals surface area (Å²) in [5.74, 6) is -1.32. The molecule has 0 aliphatic carbocycles. The van der Waals surface area contributed by atoms with Gasteiger partial charge in [0, 0.05) is 21.8 Å². The van der Waals surface area contributed by atoms with Crippen LogP contribution in [0.1, 0.15) is 11.1 Å². The lowest BCUT2D eigenvalue weighted by Gasteiger charge is -2.13. The highest BCUT2D eigenvalue weighted by Crippen LogP contribution is 2.24. The van der Waals surface area contributed by atoms with E-state index in [1.54, 1.807) is 0 Å². The molecule has 3 rings (SSSR count). The number of anilines is 1. The molecule has 0 unspecified atom stereocenters. The van der Waals surface area contributed by atoms with Crippen LogP contribution in [0.5, 0.6) is 5.75 Å². The van der Waals surface area contributed by atoms with Crippen molar-refractivity contribution in [1.82, 2.24) is 0 Å². The monoisotopic (exact) mass is 466 g/mol. The number of carbonyl (C=O) groups excluding carboxylic acids is 1. The van der Waals surface area contributed by atoms with E-state index >= 15 is 0 Å².